The molecule has 0 aromatic carbocycles. The maximum atomic E-state index is 12.8. The Morgan fingerprint density at radius 3 is 2.62 bits per heavy atom. The molecule has 2 atom stereocenters. The van der Waals surface area contributed by atoms with Gasteiger partial charge < -0.3 is 20.6 Å². The van der Waals surface area contributed by atoms with Crippen molar-refractivity contribution >= 4 is 62.0 Å². The average molecular weight is 538 g/mol. The number of anilines is 1. The Morgan fingerprint density at radius 2 is 2.09 bits per heavy atom. The molecular formula is C18H27N5O8S3. The third kappa shape index (κ3) is 7.54. The maximum Gasteiger partial charge on any atom is 0.407 e. The summed E-state index contributed by atoms with van der Waals surface area (Å²) in [7, 11) is -3.55. The second kappa shape index (κ2) is 11.3. The van der Waals surface area contributed by atoms with E-state index in [-0.39, 0.29) is 29.6 Å². The predicted molar refractivity (Wildman–Crippen MR) is 127 cm³/mol. The van der Waals surface area contributed by atoms with E-state index in [1.54, 1.807) is 20.8 Å². The van der Waals surface area contributed by atoms with Crippen molar-refractivity contribution in [2.45, 2.75) is 38.8 Å². The van der Waals surface area contributed by atoms with Crippen molar-refractivity contribution in [1.82, 2.24) is 14.6 Å². The lowest BCUT2D eigenvalue weighted by Gasteiger charge is -2.43. The number of carbonyl (C=O) groups is 3. The molecule has 1 aromatic rings. The fraction of sp³-hybridized carbons (Fsp3) is 0.611. The Labute approximate surface area is 205 Å². The molecule has 1 aliphatic rings. The maximum absolute atomic E-state index is 12.8. The number of hydrogen-bond acceptors (Lipinski definition) is 12. The first kappa shape index (κ1) is 27.8. The molecule has 0 radical (unpaired) electrons. The fourth-order valence-electron chi connectivity index (χ4n) is 3.03. The number of amides is 2. The van der Waals surface area contributed by atoms with Crippen molar-refractivity contribution in [3.05, 3.63) is 11.1 Å². The summed E-state index contributed by atoms with van der Waals surface area (Å²) in [4.78, 5) is 45.9. The van der Waals surface area contributed by atoms with Crippen molar-refractivity contribution in [2.24, 2.45) is 11.1 Å². The van der Waals surface area contributed by atoms with Gasteiger partial charge in [-0.2, -0.15) is 20.2 Å². The number of ketones is 1. The highest BCUT2D eigenvalue weighted by Gasteiger charge is 2.53. The van der Waals surface area contributed by atoms with Crippen LogP contribution >= 0.6 is 23.1 Å². The Kier molecular flexibility index (Phi) is 9.27. The summed E-state index contributed by atoms with van der Waals surface area (Å²) in [5.41, 5.74) is 4.86. The second-order valence-electron chi connectivity index (χ2n) is 8.10. The number of nitrogens with two attached hydrogens (primary N) is 1. The van der Waals surface area contributed by atoms with Gasteiger partial charge in [0.15, 0.2) is 16.6 Å². The first-order valence-electron chi connectivity index (χ1n) is 9.96. The molecular weight excluding hydrogens is 510 g/mol. The number of nitrogens with one attached hydrogen (secondary N) is 1. The molecule has 1 aromatic heterocycles. The number of rotatable bonds is 11. The molecule has 190 valence electrons. The molecule has 1 saturated heterocycles. The molecule has 16 heteroatoms. The summed E-state index contributed by atoms with van der Waals surface area (Å²) >= 11 is 2.24. The van der Waals surface area contributed by atoms with Gasteiger partial charge in [-0.15, -0.1) is 0 Å². The van der Waals surface area contributed by atoms with Gasteiger partial charge in [0.05, 0.1) is 16.8 Å². The van der Waals surface area contributed by atoms with E-state index in [2.05, 4.69) is 15.5 Å². The minimum absolute atomic E-state index is 0.0947. The number of hydrogen-bond donors (Lipinski definition) is 3. The zero-order valence-electron chi connectivity index (χ0n) is 19.0. The van der Waals surface area contributed by atoms with Crippen LogP contribution in [0, 0.1) is 5.92 Å². The molecule has 1 fully saturated rings. The molecule has 2 heterocycles. The van der Waals surface area contributed by atoms with Crippen LogP contribution in [0.25, 0.3) is 0 Å². The van der Waals surface area contributed by atoms with Crippen LogP contribution in [-0.4, -0.2) is 82.6 Å². The van der Waals surface area contributed by atoms with E-state index in [1.165, 1.54) is 25.1 Å². The van der Waals surface area contributed by atoms with E-state index in [1.807, 2.05) is 0 Å². The van der Waals surface area contributed by atoms with Crippen LogP contribution in [0.2, 0.25) is 0 Å². The third-order valence-corrected chi connectivity index (χ3v) is 7.21. The van der Waals surface area contributed by atoms with Gasteiger partial charge in [-0.25, -0.2) is 14.1 Å². The predicted octanol–water partition coefficient (Wildman–Crippen LogP) is 0.923. The van der Waals surface area contributed by atoms with Crippen LogP contribution in [0.1, 0.15) is 32.1 Å². The standard InChI is InChI=1S/C18H27N5O8S3/c1-18(2,3)31-17(26)20-5-6-32-9-11-10(15(25)23(11)34(27,28)29)7-12(24)14(22-30-4)13-8-21-16(19)33-13/h8,10-11H,5-7,9H2,1-4H3,(H2,19,21)(H,20,26)(H,27,28,29)/b22-14+/t10-,11-/m0/s1. The van der Waals surface area contributed by atoms with E-state index < -0.39 is 45.6 Å². The minimum atomic E-state index is -4.80. The van der Waals surface area contributed by atoms with Gasteiger partial charge in [-0.1, -0.05) is 16.5 Å². The zero-order valence-corrected chi connectivity index (χ0v) is 21.5. The highest BCUT2D eigenvalue weighted by atomic mass is 32.2. The smallest absolute Gasteiger partial charge is 0.407 e. The number of oxime groups is 1. The minimum Gasteiger partial charge on any atom is -0.444 e. The average Bonchev–Trinajstić information content (AvgIpc) is 3.12. The van der Waals surface area contributed by atoms with Crippen molar-refractivity contribution in [3.8, 4) is 0 Å². The van der Waals surface area contributed by atoms with Crippen molar-refractivity contribution in [2.75, 3.05) is 30.9 Å². The molecule has 0 saturated carbocycles. The van der Waals surface area contributed by atoms with Crippen molar-refractivity contribution < 1.29 is 36.9 Å². The number of β-lactam (4-membered cyclic amide) rings is 1. The second-order valence-corrected chi connectivity index (χ2v) is 11.6. The van der Waals surface area contributed by atoms with Crippen molar-refractivity contribution in [3.63, 3.8) is 0 Å². The summed E-state index contributed by atoms with van der Waals surface area (Å²) in [5, 5.41) is 6.47. The Morgan fingerprint density at radius 1 is 1.41 bits per heavy atom. The Hall–Kier alpha value is -2.43. The first-order chi connectivity index (χ1) is 15.7. The Bertz CT molecular complexity index is 1050. The number of nitrogen functional groups attached to an aromatic ring is 1. The number of ether oxygens (including phenoxy) is 1. The molecule has 0 spiro atoms. The molecule has 0 aliphatic carbocycles. The van der Waals surface area contributed by atoms with Gasteiger partial charge in [-0.3, -0.25) is 14.1 Å². The number of thiazole rings is 1. The molecule has 4 N–H and O–H groups in total. The summed E-state index contributed by atoms with van der Waals surface area (Å²) in [6.45, 7) is 5.42. The molecule has 2 rings (SSSR count). The molecule has 0 bridgehead atoms. The Balaban J connectivity index is 2.01. The summed E-state index contributed by atoms with van der Waals surface area (Å²) in [6.07, 6.45) is 0.392. The van der Waals surface area contributed by atoms with E-state index in [0.29, 0.717) is 14.9 Å². The highest BCUT2D eigenvalue weighted by Crippen LogP contribution is 2.35. The molecule has 2 amide bonds. The van der Waals surface area contributed by atoms with Crippen LogP contribution in [0.15, 0.2) is 11.4 Å². The topological polar surface area (TPSA) is 191 Å². The highest BCUT2D eigenvalue weighted by molar-refractivity contribution is 7.99. The summed E-state index contributed by atoms with van der Waals surface area (Å²) < 4.78 is 38.2. The lowest BCUT2D eigenvalue weighted by Crippen LogP contribution is -2.64. The first-order valence-corrected chi connectivity index (χ1v) is 13.3. The lowest BCUT2D eigenvalue weighted by atomic mass is 9.86. The van der Waals surface area contributed by atoms with E-state index in [9.17, 15) is 27.4 Å². The van der Waals surface area contributed by atoms with Gasteiger partial charge in [-0.05, 0) is 20.8 Å². The van der Waals surface area contributed by atoms with Crippen molar-refractivity contribution in [1.29, 1.82) is 0 Å². The quantitative estimate of drug-likeness (QED) is 0.120. The van der Waals surface area contributed by atoms with E-state index in [4.69, 9.17) is 15.3 Å². The molecule has 34 heavy (non-hydrogen) atoms. The van der Waals surface area contributed by atoms with Crippen LogP contribution in [0.5, 0.6) is 0 Å². The largest absolute Gasteiger partial charge is 0.444 e. The monoisotopic (exact) mass is 537 g/mol. The number of carbonyl (C=O) groups excluding carboxylic acids is 3. The van der Waals surface area contributed by atoms with Crippen LogP contribution in [-0.2, 0) is 29.5 Å². The van der Waals surface area contributed by atoms with Gasteiger partial charge in [0.25, 0.3) is 0 Å². The zero-order chi connectivity index (χ0) is 25.7. The van der Waals surface area contributed by atoms with E-state index >= 15 is 0 Å². The normalized spacial score (nSPS) is 18.9. The van der Waals surface area contributed by atoms with Gasteiger partial charge in [0.2, 0.25) is 5.91 Å². The third-order valence-electron chi connectivity index (χ3n) is 4.36. The number of thioether (sulfide) groups is 1. The number of aromatic nitrogens is 1. The SMILES string of the molecule is CO/N=C(\C(=O)C[C@@H]1C(=O)N(S(=O)(=O)O)[C@H]1CSCCNC(=O)OC(C)(C)C)c1cnc(N)s1. The molecule has 13 nitrogen and oxygen atoms in total. The fourth-order valence-corrected chi connectivity index (χ4v) is 5.77. The number of nitrogens with zero attached hydrogens (tertiary/aromatic N) is 3. The molecule has 1 aliphatic heterocycles. The summed E-state index contributed by atoms with van der Waals surface area (Å²) in [5.74, 6) is -1.98. The van der Waals surface area contributed by atoms with Gasteiger partial charge in [0.1, 0.15) is 12.7 Å². The summed E-state index contributed by atoms with van der Waals surface area (Å²) in [6, 6.07) is -0.951. The van der Waals surface area contributed by atoms with Gasteiger partial charge >= 0.3 is 16.4 Å². The van der Waals surface area contributed by atoms with Crippen LogP contribution < -0.4 is 11.1 Å². The van der Waals surface area contributed by atoms with Gasteiger partial charge in [0, 0.05) is 30.7 Å². The number of alkyl carbamates (subject to hydrolysis) is 1. The van der Waals surface area contributed by atoms with Crippen LogP contribution in [0.4, 0.5) is 9.93 Å². The molecule has 0 unspecified atom stereocenters. The van der Waals surface area contributed by atoms with Crippen LogP contribution in [0.3, 0.4) is 0 Å². The number of Topliss-reactive ketones (excluding diaryl/α,β-unsaturated/α-hetero) is 1. The van der Waals surface area contributed by atoms with E-state index in [0.717, 1.165) is 11.3 Å². The lowest BCUT2D eigenvalue weighted by molar-refractivity contribution is -0.147.